The van der Waals surface area contributed by atoms with E-state index in [0.29, 0.717) is 11.8 Å². The van der Waals surface area contributed by atoms with Gasteiger partial charge in [-0.1, -0.05) is 0 Å². The average Bonchev–Trinajstić information content (AvgIpc) is 3.22. The Morgan fingerprint density at radius 3 is 2.32 bits per heavy atom. The Morgan fingerprint density at radius 1 is 1.10 bits per heavy atom. The number of benzene rings is 2. The van der Waals surface area contributed by atoms with E-state index >= 15 is 0 Å². The largest absolute Gasteiger partial charge is 0.419 e. The number of anilines is 2. The third-order valence-corrected chi connectivity index (χ3v) is 5.55. The zero-order chi connectivity index (χ0) is 22.8. The molecule has 1 heterocycles. The van der Waals surface area contributed by atoms with Crippen LogP contribution in [0.2, 0.25) is 0 Å². The molecule has 13 heteroatoms. The average molecular weight is 457 g/mol. The lowest BCUT2D eigenvalue weighted by Gasteiger charge is -2.13. The van der Waals surface area contributed by atoms with Gasteiger partial charge in [-0.25, -0.2) is 22.5 Å². The van der Waals surface area contributed by atoms with E-state index in [1.807, 2.05) is 0 Å². The summed E-state index contributed by atoms with van der Waals surface area (Å²) in [6.45, 7) is 1.60. The van der Waals surface area contributed by atoms with Crippen LogP contribution in [-0.2, 0) is 21.0 Å². The highest BCUT2D eigenvalue weighted by Crippen LogP contribution is 2.33. The van der Waals surface area contributed by atoms with Crippen LogP contribution >= 0.6 is 0 Å². The van der Waals surface area contributed by atoms with Crippen molar-refractivity contribution in [1.82, 2.24) is 14.8 Å². The molecule has 1 unspecified atom stereocenters. The van der Waals surface area contributed by atoms with Crippen LogP contribution in [-0.4, -0.2) is 29.1 Å². The van der Waals surface area contributed by atoms with Crippen molar-refractivity contribution in [3.63, 3.8) is 0 Å². The Kier molecular flexibility index (Phi) is 5.97. The Hall–Kier alpha value is -3.48. The summed E-state index contributed by atoms with van der Waals surface area (Å²) in [6, 6.07) is 6.15. The van der Waals surface area contributed by atoms with Gasteiger partial charge in [0.25, 0.3) is 10.0 Å². The van der Waals surface area contributed by atoms with Crippen LogP contribution in [0.3, 0.4) is 0 Å². The van der Waals surface area contributed by atoms with Crippen molar-refractivity contribution in [2.75, 3.05) is 10.0 Å². The van der Waals surface area contributed by atoms with E-state index in [1.165, 1.54) is 41.6 Å². The highest BCUT2D eigenvalue weighted by molar-refractivity contribution is 7.92. The minimum absolute atomic E-state index is 0.0280. The highest BCUT2D eigenvalue weighted by Gasteiger charge is 2.35. The van der Waals surface area contributed by atoms with Gasteiger partial charge >= 0.3 is 6.18 Å². The molecule has 0 spiro atoms. The van der Waals surface area contributed by atoms with Crippen molar-refractivity contribution in [3.05, 3.63) is 66.5 Å². The topological polar surface area (TPSA) is 106 Å². The van der Waals surface area contributed by atoms with Crippen LogP contribution in [0.25, 0.3) is 0 Å². The van der Waals surface area contributed by atoms with E-state index in [4.69, 9.17) is 0 Å². The number of amides is 1. The van der Waals surface area contributed by atoms with Gasteiger partial charge in [0.2, 0.25) is 5.91 Å². The Labute approximate surface area is 174 Å². The van der Waals surface area contributed by atoms with E-state index in [2.05, 4.69) is 20.1 Å². The second kappa shape index (κ2) is 8.34. The molecule has 3 aromatic rings. The number of nitrogens with one attached hydrogen (secondary N) is 2. The van der Waals surface area contributed by atoms with E-state index in [-0.39, 0.29) is 11.8 Å². The SMILES string of the molecule is CC(C(=O)Nc1ccc(NS(=O)(=O)c2ccc(F)c(C(F)(F)F)c2)cc1)n1cncn1. The van der Waals surface area contributed by atoms with Crippen LogP contribution < -0.4 is 10.0 Å². The molecule has 0 aliphatic carbocycles. The van der Waals surface area contributed by atoms with Crippen LogP contribution in [0.5, 0.6) is 0 Å². The Bertz CT molecular complexity index is 1180. The molecule has 164 valence electrons. The molecule has 0 aliphatic heterocycles. The third-order valence-electron chi connectivity index (χ3n) is 4.17. The number of carbonyl (C=O) groups excluding carboxylic acids is 1. The number of hydrogen-bond donors (Lipinski definition) is 2. The second-order valence-electron chi connectivity index (χ2n) is 6.36. The minimum Gasteiger partial charge on any atom is -0.324 e. The van der Waals surface area contributed by atoms with E-state index < -0.39 is 44.4 Å². The Balaban J connectivity index is 1.73. The summed E-state index contributed by atoms with van der Waals surface area (Å²) in [5.74, 6) is -1.98. The number of rotatable bonds is 6. The Morgan fingerprint density at radius 2 is 1.74 bits per heavy atom. The third kappa shape index (κ3) is 5.17. The number of nitrogens with zero attached hydrogens (tertiary/aromatic N) is 3. The van der Waals surface area contributed by atoms with Crippen molar-refractivity contribution in [2.24, 2.45) is 0 Å². The maximum absolute atomic E-state index is 13.4. The zero-order valence-electron chi connectivity index (χ0n) is 15.8. The molecule has 1 atom stereocenters. The number of carbonyl (C=O) groups is 1. The molecule has 0 saturated carbocycles. The van der Waals surface area contributed by atoms with Crippen molar-refractivity contribution in [3.8, 4) is 0 Å². The van der Waals surface area contributed by atoms with Gasteiger partial charge in [0.05, 0.1) is 10.5 Å². The van der Waals surface area contributed by atoms with E-state index in [1.54, 1.807) is 6.92 Å². The van der Waals surface area contributed by atoms with Gasteiger partial charge in [-0.3, -0.25) is 9.52 Å². The monoisotopic (exact) mass is 457 g/mol. The molecular weight excluding hydrogens is 442 g/mol. The smallest absolute Gasteiger partial charge is 0.324 e. The van der Waals surface area contributed by atoms with Crippen LogP contribution in [0.15, 0.2) is 60.0 Å². The van der Waals surface area contributed by atoms with Gasteiger partial charge in [-0.2, -0.15) is 18.3 Å². The van der Waals surface area contributed by atoms with Crippen LogP contribution in [0.1, 0.15) is 18.5 Å². The molecule has 0 saturated heterocycles. The molecule has 2 N–H and O–H groups in total. The lowest BCUT2D eigenvalue weighted by Crippen LogP contribution is -2.24. The molecule has 0 radical (unpaired) electrons. The minimum atomic E-state index is -5.04. The fraction of sp³-hybridized carbons (Fsp3) is 0.167. The normalized spacial score (nSPS) is 12.9. The standard InChI is InChI=1S/C18H15F4N5O3S/c1-11(27-10-23-9-24-27)17(28)25-12-2-4-13(5-3-12)26-31(29,30)14-6-7-16(19)15(8-14)18(20,21)22/h2-11,26H,1H3,(H,25,28). The molecule has 3 rings (SSSR count). The highest BCUT2D eigenvalue weighted by atomic mass is 32.2. The van der Waals surface area contributed by atoms with Crippen molar-refractivity contribution < 1.29 is 30.8 Å². The first-order valence-electron chi connectivity index (χ1n) is 8.62. The van der Waals surface area contributed by atoms with Crippen LogP contribution in [0.4, 0.5) is 28.9 Å². The first kappa shape index (κ1) is 22.2. The summed E-state index contributed by atoms with van der Waals surface area (Å²) in [6.07, 6.45) is -2.38. The summed E-state index contributed by atoms with van der Waals surface area (Å²) in [4.78, 5) is 15.2. The maximum Gasteiger partial charge on any atom is 0.419 e. The van der Waals surface area contributed by atoms with E-state index in [0.717, 1.165) is 6.07 Å². The quantitative estimate of drug-likeness (QED) is 0.552. The zero-order valence-corrected chi connectivity index (χ0v) is 16.6. The van der Waals surface area contributed by atoms with Gasteiger partial charge < -0.3 is 5.32 Å². The van der Waals surface area contributed by atoms with Crippen LogP contribution in [0, 0.1) is 5.82 Å². The number of aromatic nitrogens is 3. The number of sulfonamides is 1. The lowest BCUT2D eigenvalue weighted by atomic mass is 10.2. The van der Waals surface area contributed by atoms with Gasteiger partial charge in [-0.05, 0) is 49.4 Å². The first-order valence-corrected chi connectivity index (χ1v) is 10.1. The van der Waals surface area contributed by atoms with E-state index in [9.17, 15) is 30.8 Å². The molecule has 1 amide bonds. The predicted octanol–water partition coefficient (Wildman–Crippen LogP) is 3.44. The number of hydrogen-bond acceptors (Lipinski definition) is 5. The summed E-state index contributed by atoms with van der Waals surface area (Å²) in [5, 5.41) is 6.47. The predicted molar refractivity (Wildman–Crippen MR) is 102 cm³/mol. The van der Waals surface area contributed by atoms with Crippen molar-refractivity contribution >= 4 is 27.3 Å². The van der Waals surface area contributed by atoms with Crippen molar-refractivity contribution in [2.45, 2.75) is 24.0 Å². The van der Waals surface area contributed by atoms with Gasteiger partial charge in [0.15, 0.2) is 0 Å². The summed E-state index contributed by atoms with van der Waals surface area (Å²) >= 11 is 0. The molecule has 2 aromatic carbocycles. The van der Waals surface area contributed by atoms with Gasteiger partial charge in [-0.15, -0.1) is 0 Å². The first-order chi connectivity index (χ1) is 14.5. The summed E-state index contributed by atoms with van der Waals surface area (Å²) < 4.78 is 80.1. The number of alkyl halides is 3. The van der Waals surface area contributed by atoms with Crippen molar-refractivity contribution in [1.29, 1.82) is 0 Å². The molecule has 0 fully saturated rings. The maximum atomic E-state index is 13.4. The number of halogens is 4. The molecule has 8 nitrogen and oxygen atoms in total. The fourth-order valence-corrected chi connectivity index (χ4v) is 3.59. The summed E-state index contributed by atoms with van der Waals surface area (Å²) in [7, 11) is -4.41. The molecule has 1 aromatic heterocycles. The van der Waals surface area contributed by atoms with Gasteiger partial charge in [0.1, 0.15) is 24.5 Å². The lowest BCUT2D eigenvalue weighted by molar-refractivity contribution is -0.140. The summed E-state index contributed by atoms with van der Waals surface area (Å²) in [5.41, 5.74) is -1.31. The molecule has 0 aliphatic rings. The second-order valence-corrected chi connectivity index (χ2v) is 8.05. The fourth-order valence-electron chi connectivity index (χ4n) is 2.51. The molecule has 0 bridgehead atoms. The molecular formula is C18H15F4N5O3S. The van der Waals surface area contributed by atoms with Gasteiger partial charge in [0, 0.05) is 11.4 Å². The molecule has 31 heavy (non-hydrogen) atoms.